The number of ketones is 1. The Morgan fingerprint density at radius 1 is 1.06 bits per heavy atom. The highest BCUT2D eigenvalue weighted by Crippen LogP contribution is 2.29. The molecule has 6 heteroatoms. The largest absolute Gasteiger partial charge is 0.337 e. The molecule has 2 heterocycles. The highest BCUT2D eigenvalue weighted by atomic mass is 35.5. The van der Waals surface area contributed by atoms with Gasteiger partial charge in [0.05, 0.1) is 0 Å². The van der Waals surface area contributed by atoms with Gasteiger partial charge in [-0.15, -0.1) is 0 Å². The van der Waals surface area contributed by atoms with Gasteiger partial charge in [0.1, 0.15) is 5.78 Å². The number of nitrogens with zero attached hydrogens (tertiary/aromatic N) is 2. The van der Waals surface area contributed by atoms with E-state index < -0.39 is 0 Å². The fraction of sp³-hybridized carbons (Fsp3) is 0.692. The summed E-state index contributed by atoms with van der Waals surface area (Å²) in [6, 6.07) is 4.25. The van der Waals surface area contributed by atoms with Gasteiger partial charge in [0.25, 0.3) is 0 Å². The van der Waals surface area contributed by atoms with Crippen LogP contribution in [0.2, 0.25) is 5.02 Å². The van der Waals surface area contributed by atoms with Crippen molar-refractivity contribution >= 4 is 23.3 Å². The number of carbonyl (C=O) groups excluding carboxylic acids is 2. The van der Waals surface area contributed by atoms with Gasteiger partial charge < -0.3 is 10.2 Å². The summed E-state index contributed by atoms with van der Waals surface area (Å²) >= 11 is 6.48. The summed E-state index contributed by atoms with van der Waals surface area (Å²) in [5.41, 5.74) is 3.44. The van der Waals surface area contributed by atoms with E-state index >= 15 is 0 Å². The van der Waals surface area contributed by atoms with Gasteiger partial charge in [0.2, 0.25) is 5.91 Å². The van der Waals surface area contributed by atoms with E-state index in [0.29, 0.717) is 23.1 Å². The van der Waals surface area contributed by atoms with E-state index in [9.17, 15) is 9.59 Å². The molecule has 0 unspecified atom stereocenters. The lowest BCUT2D eigenvalue weighted by atomic mass is 9.89. The van der Waals surface area contributed by atoms with Gasteiger partial charge >= 0.3 is 0 Å². The Morgan fingerprint density at radius 3 is 2.47 bits per heavy atom. The summed E-state index contributed by atoms with van der Waals surface area (Å²) in [7, 11) is 0. The third-order valence-electron chi connectivity index (χ3n) is 7.80. The van der Waals surface area contributed by atoms with Crippen molar-refractivity contribution in [2.24, 2.45) is 11.8 Å². The predicted octanol–water partition coefficient (Wildman–Crippen LogP) is 3.98. The minimum atomic E-state index is 0.122. The van der Waals surface area contributed by atoms with Crippen LogP contribution in [-0.2, 0) is 22.6 Å². The van der Waals surface area contributed by atoms with Crippen LogP contribution >= 0.6 is 11.6 Å². The maximum absolute atomic E-state index is 12.9. The molecule has 0 spiro atoms. The van der Waals surface area contributed by atoms with Crippen molar-refractivity contribution in [2.45, 2.75) is 71.4 Å². The lowest BCUT2D eigenvalue weighted by Crippen LogP contribution is -2.54. The number of Topliss-reactive ketones (excluding diaryl/α,β-unsaturated/α-hetero) is 1. The maximum atomic E-state index is 12.9. The van der Waals surface area contributed by atoms with Crippen molar-refractivity contribution in [3.8, 4) is 0 Å². The summed E-state index contributed by atoms with van der Waals surface area (Å²) in [5.74, 6) is 1.06. The first-order valence-corrected chi connectivity index (χ1v) is 12.8. The third kappa shape index (κ3) is 5.55. The van der Waals surface area contributed by atoms with E-state index in [1.165, 1.54) is 24.0 Å². The van der Waals surface area contributed by atoms with E-state index in [-0.39, 0.29) is 17.9 Å². The monoisotopic (exact) mass is 459 g/mol. The van der Waals surface area contributed by atoms with Crippen molar-refractivity contribution in [1.29, 1.82) is 0 Å². The van der Waals surface area contributed by atoms with Crippen molar-refractivity contribution < 1.29 is 9.59 Å². The van der Waals surface area contributed by atoms with Gasteiger partial charge in [-0.1, -0.05) is 24.4 Å². The molecule has 1 aromatic carbocycles. The van der Waals surface area contributed by atoms with Gasteiger partial charge in [-0.3, -0.25) is 14.5 Å². The number of halogens is 1. The number of benzene rings is 1. The van der Waals surface area contributed by atoms with Gasteiger partial charge in [0.15, 0.2) is 0 Å². The summed E-state index contributed by atoms with van der Waals surface area (Å²) in [6.45, 7) is 9.49. The van der Waals surface area contributed by atoms with Crippen LogP contribution in [0.1, 0.15) is 62.1 Å². The fourth-order valence-corrected chi connectivity index (χ4v) is 6.02. The second-order valence-corrected chi connectivity index (χ2v) is 10.6. The molecule has 3 fully saturated rings. The molecule has 1 aliphatic carbocycles. The van der Waals surface area contributed by atoms with E-state index in [4.69, 9.17) is 11.6 Å². The number of rotatable bonds is 6. The highest BCUT2D eigenvalue weighted by Gasteiger charge is 2.33. The summed E-state index contributed by atoms with van der Waals surface area (Å²) in [4.78, 5) is 30.3. The van der Waals surface area contributed by atoms with Gasteiger partial charge in [-0.05, 0) is 74.9 Å². The van der Waals surface area contributed by atoms with Gasteiger partial charge in [0, 0.05) is 62.0 Å². The molecule has 1 amide bonds. The van der Waals surface area contributed by atoms with E-state index in [2.05, 4.69) is 29.0 Å². The zero-order valence-corrected chi connectivity index (χ0v) is 20.4. The molecule has 3 aliphatic rings. The molecular formula is C26H38ClN3O2. The molecule has 1 aromatic rings. The maximum Gasteiger partial charge on any atom is 0.226 e. The Bertz CT molecular complexity index is 831. The van der Waals surface area contributed by atoms with Crippen LogP contribution in [0.5, 0.6) is 0 Å². The minimum absolute atomic E-state index is 0.122. The Kier molecular flexibility index (Phi) is 7.91. The lowest BCUT2D eigenvalue weighted by Gasteiger charge is -2.41. The molecule has 176 valence electrons. The molecule has 5 nitrogen and oxygen atoms in total. The Morgan fingerprint density at radius 2 is 1.78 bits per heavy atom. The fourth-order valence-electron chi connectivity index (χ4n) is 5.76. The highest BCUT2D eigenvalue weighted by molar-refractivity contribution is 6.30. The molecule has 1 N–H and O–H groups in total. The van der Waals surface area contributed by atoms with Crippen LogP contribution in [0.3, 0.4) is 0 Å². The quantitative estimate of drug-likeness (QED) is 0.699. The molecule has 2 aliphatic heterocycles. The van der Waals surface area contributed by atoms with Crippen molar-refractivity contribution in [3.05, 3.63) is 33.8 Å². The van der Waals surface area contributed by atoms with Crippen molar-refractivity contribution in [2.75, 3.05) is 32.7 Å². The number of piperidine rings is 1. The Balaban J connectivity index is 1.38. The number of carbonyl (C=O) groups is 2. The summed E-state index contributed by atoms with van der Waals surface area (Å²) in [6.07, 6.45) is 7.04. The zero-order valence-electron chi connectivity index (χ0n) is 19.7. The first-order chi connectivity index (χ1) is 15.4. The van der Waals surface area contributed by atoms with Crippen LogP contribution < -0.4 is 5.32 Å². The number of amides is 1. The normalized spacial score (nSPS) is 25.3. The van der Waals surface area contributed by atoms with E-state index in [0.717, 1.165) is 70.5 Å². The standard InChI is InChI=1S/C26H38ClN3O2/c1-18-16-29(10-11-30(18)26(32)20-6-3-4-7-20)17-23-13-24(27)12-22(19(23)2)14-25(31)21-8-5-9-28-15-21/h12-13,18,20-21,28H,3-11,14-17H2,1-2H3/t18-,21+/m0/s1. The van der Waals surface area contributed by atoms with Crippen molar-refractivity contribution in [3.63, 3.8) is 0 Å². The summed E-state index contributed by atoms with van der Waals surface area (Å²) in [5, 5.41) is 4.05. The Hall–Kier alpha value is -1.43. The second-order valence-electron chi connectivity index (χ2n) is 10.1. The van der Waals surface area contributed by atoms with Crippen LogP contribution in [0.25, 0.3) is 0 Å². The van der Waals surface area contributed by atoms with Crippen LogP contribution in [0.15, 0.2) is 12.1 Å². The zero-order chi connectivity index (χ0) is 22.7. The van der Waals surface area contributed by atoms with Crippen LogP contribution in [0.4, 0.5) is 0 Å². The van der Waals surface area contributed by atoms with Gasteiger partial charge in [-0.2, -0.15) is 0 Å². The molecule has 4 rings (SSSR count). The second kappa shape index (κ2) is 10.7. The molecular weight excluding hydrogens is 422 g/mol. The van der Waals surface area contributed by atoms with Crippen LogP contribution in [0, 0.1) is 18.8 Å². The van der Waals surface area contributed by atoms with E-state index in [1.54, 1.807) is 0 Å². The SMILES string of the molecule is Cc1c(CC(=O)[C@@H]2CCCNC2)cc(Cl)cc1CN1CCN(C(=O)C2CCCC2)[C@@H](C)C1. The van der Waals surface area contributed by atoms with Gasteiger partial charge in [-0.25, -0.2) is 0 Å². The average Bonchev–Trinajstić information content (AvgIpc) is 3.32. The molecule has 1 saturated carbocycles. The number of hydrogen-bond acceptors (Lipinski definition) is 4. The number of piperazine rings is 1. The molecule has 0 bridgehead atoms. The number of hydrogen-bond donors (Lipinski definition) is 1. The average molecular weight is 460 g/mol. The molecule has 2 saturated heterocycles. The lowest BCUT2D eigenvalue weighted by molar-refractivity contribution is -0.140. The smallest absolute Gasteiger partial charge is 0.226 e. The van der Waals surface area contributed by atoms with Crippen molar-refractivity contribution in [1.82, 2.24) is 15.1 Å². The first-order valence-electron chi connectivity index (χ1n) is 12.5. The summed E-state index contributed by atoms with van der Waals surface area (Å²) < 4.78 is 0. The molecule has 2 atom stereocenters. The van der Waals surface area contributed by atoms with E-state index in [1.807, 2.05) is 12.1 Å². The third-order valence-corrected chi connectivity index (χ3v) is 8.02. The molecule has 0 aromatic heterocycles. The van der Waals surface area contributed by atoms with Crippen LogP contribution in [-0.4, -0.2) is 60.3 Å². The Labute approximate surface area is 197 Å². The molecule has 32 heavy (non-hydrogen) atoms. The number of nitrogens with one attached hydrogen (secondary N) is 1. The predicted molar refractivity (Wildman–Crippen MR) is 129 cm³/mol. The minimum Gasteiger partial charge on any atom is -0.337 e. The topological polar surface area (TPSA) is 52.7 Å². The first kappa shape index (κ1) is 23.7. The molecule has 0 radical (unpaired) electrons.